The van der Waals surface area contributed by atoms with Crippen LogP contribution in [-0.2, 0) is 9.53 Å². The van der Waals surface area contributed by atoms with Gasteiger partial charge in [0.25, 0.3) is 0 Å². The van der Waals surface area contributed by atoms with Gasteiger partial charge in [-0.15, -0.1) is 0 Å². The number of rotatable bonds is 4. The molecule has 0 fully saturated rings. The van der Waals surface area contributed by atoms with Gasteiger partial charge >= 0.3 is 11.9 Å². The van der Waals surface area contributed by atoms with Gasteiger partial charge in [0.05, 0.1) is 7.11 Å². The van der Waals surface area contributed by atoms with Gasteiger partial charge in [0.1, 0.15) is 12.2 Å². The molecule has 6 nitrogen and oxygen atoms in total. The van der Waals surface area contributed by atoms with E-state index in [4.69, 9.17) is 5.11 Å². The first-order valence-corrected chi connectivity index (χ1v) is 4.13. The zero-order chi connectivity index (χ0) is 11.3. The minimum Gasteiger partial charge on any atom is -0.480 e. The first-order valence-electron chi connectivity index (χ1n) is 4.13. The van der Waals surface area contributed by atoms with Crippen molar-refractivity contribution in [3.8, 4) is 0 Å². The predicted molar refractivity (Wildman–Crippen MR) is 51.7 cm³/mol. The molecule has 0 bridgehead atoms. The van der Waals surface area contributed by atoms with Gasteiger partial charge in [0.2, 0.25) is 0 Å². The van der Waals surface area contributed by atoms with E-state index in [0.717, 1.165) is 0 Å². The van der Waals surface area contributed by atoms with E-state index in [1.165, 1.54) is 19.4 Å². The highest BCUT2D eigenvalue weighted by molar-refractivity contribution is 5.88. The lowest BCUT2D eigenvalue weighted by Crippen LogP contribution is -2.13. The second kappa shape index (κ2) is 4.94. The van der Waals surface area contributed by atoms with Crippen LogP contribution in [0.5, 0.6) is 0 Å². The number of carboxylic acid groups (broad SMARTS) is 1. The third-order valence-corrected chi connectivity index (χ3v) is 1.60. The molecular weight excluding hydrogens is 200 g/mol. The van der Waals surface area contributed by atoms with Crippen molar-refractivity contribution in [1.82, 2.24) is 4.98 Å². The topological polar surface area (TPSA) is 88.5 Å². The number of hydrogen-bond donors (Lipinski definition) is 2. The number of carbonyl (C=O) groups excluding carboxylic acids is 1. The highest BCUT2D eigenvalue weighted by Crippen LogP contribution is 2.08. The molecule has 0 amide bonds. The average Bonchev–Trinajstić information content (AvgIpc) is 2.25. The molecule has 0 spiro atoms. The summed E-state index contributed by atoms with van der Waals surface area (Å²) in [5.74, 6) is -1.54. The van der Waals surface area contributed by atoms with Gasteiger partial charge in [-0.2, -0.15) is 0 Å². The van der Waals surface area contributed by atoms with Crippen LogP contribution in [0, 0.1) is 0 Å². The highest BCUT2D eigenvalue weighted by Gasteiger charge is 2.07. The predicted octanol–water partition coefficient (Wildman–Crippen LogP) is 0.365. The van der Waals surface area contributed by atoms with Crippen molar-refractivity contribution in [1.29, 1.82) is 0 Å². The number of pyridine rings is 1. The van der Waals surface area contributed by atoms with E-state index in [9.17, 15) is 9.59 Å². The van der Waals surface area contributed by atoms with Crippen LogP contribution in [-0.4, -0.2) is 35.7 Å². The van der Waals surface area contributed by atoms with Crippen LogP contribution in [0.4, 0.5) is 5.69 Å². The van der Waals surface area contributed by atoms with Crippen LogP contribution in [0.1, 0.15) is 10.5 Å². The quantitative estimate of drug-likeness (QED) is 0.698. The van der Waals surface area contributed by atoms with Crippen LogP contribution in [0.3, 0.4) is 0 Å². The molecule has 2 N–H and O–H groups in total. The number of nitrogens with zero attached hydrogens (tertiary/aromatic N) is 1. The number of aromatic nitrogens is 1. The number of esters is 1. The Morgan fingerprint density at radius 2 is 2.33 bits per heavy atom. The van der Waals surface area contributed by atoms with Gasteiger partial charge in [-0.05, 0) is 12.1 Å². The summed E-state index contributed by atoms with van der Waals surface area (Å²) in [6.45, 7) is -0.218. The third kappa shape index (κ3) is 3.26. The summed E-state index contributed by atoms with van der Waals surface area (Å²) in [6.07, 6.45) is 1.40. The third-order valence-electron chi connectivity index (χ3n) is 1.60. The van der Waals surface area contributed by atoms with E-state index in [0.29, 0.717) is 5.69 Å². The Morgan fingerprint density at radius 1 is 1.60 bits per heavy atom. The van der Waals surface area contributed by atoms with Gasteiger partial charge in [0, 0.05) is 11.9 Å². The minimum absolute atomic E-state index is 0.132. The number of ether oxygens (including phenoxy) is 1. The molecular formula is C9H10N2O4. The Morgan fingerprint density at radius 3 is 2.93 bits per heavy atom. The molecule has 1 rings (SSSR count). The lowest BCUT2D eigenvalue weighted by molar-refractivity contribution is -0.134. The molecule has 0 saturated carbocycles. The summed E-state index contributed by atoms with van der Waals surface area (Å²) in [5, 5.41) is 11.0. The summed E-state index contributed by atoms with van der Waals surface area (Å²) >= 11 is 0. The lowest BCUT2D eigenvalue weighted by Gasteiger charge is -2.04. The second-order valence-electron chi connectivity index (χ2n) is 2.67. The normalized spacial score (nSPS) is 9.40. The van der Waals surface area contributed by atoms with E-state index in [1.54, 1.807) is 6.07 Å². The Balaban J connectivity index is 2.74. The molecule has 0 unspecified atom stereocenters. The molecule has 0 aliphatic rings. The van der Waals surface area contributed by atoms with Crippen molar-refractivity contribution < 1.29 is 19.4 Å². The van der Waals surface area contributed by atoms with Gasteiger partial charge in [-0.1, -0.05) is 0 Å². The Hall–Kier alpha value is -2.11. The van der Waals surface area contributed by atoms with E-state index >= 15 is 0 Å². The molecule has 1 aromatic heterocycles. The molecule has 0 aliphatic carbocycles. The molecule has 80 valence electrons. The number of nitrogens with one attached hydrogen (secondary N) is 1. The molecule has 6 heteroatoms. The van der Waals surface area contributed by atoms with Gasteiger partial charge in [-0.25, -0.2) is 9.78 Å². The first-order chi connectivity index (χ1) is 7.13. The molecule has 15 heavy (non-hydrogen) atoms. The van der Waals surface area contributed by atoms with Crippen molar-refractivity contribution >= 4 is 17.6 Å². The van der Waals surface area contributed by atoms with Crippen LogP contribution < -0.4 is 5.32 Å². The van der Waals surface area contributed by atoms with E-state index in [-0.39, 0.29) is 12.2 Å². The standard InChI is InChI=1S/C9H10N2O4/c1-15-9(14)7-4-6(2-3-10-7)11-5-8(12)13/h2-4H,5H2,1H3,(H,10,11)(H,12,13). The van der Waals surface area contributed by atoms with Gasteiger partial charge in [-0.3, -0.25) is 4.79 Å². The summed E-state index contributed by atoms with van der Waals surface area (Å²) < 4.78 is 4.47. The number of methoxy groups -OCH3 is 1. The van der Waals surface area contributed by atoms with Crippen LogP contribution in [0.25, 0.3) is 0 Å². The fourth-order valence-corrected chi connectivity index (χ4v) is 0.934. The summed E-state index contributed by atoms with van der Waals surface area (Å²) in [7, 11) is 1.25. The first kappa shape index (κ1) is 11.0. The fourth-order valence-electron chi connectivity index (χ4n) is 0.934. The molecule has 0 radical (unpaired) electrons. The van der Waals surface area contributed by atoms with Crippen LogP contribution in [0.2, 0.25) is 0 Å². The molecule has 0 saturated heterocycles. The Kier molecular flexibility index (Phi) is 3.61. The lowest BCUT2D eigenvalue weighted by atomic mass is 10.3. The van der Waals surface area contributed by atoms with Gasteiger partial charge < -0.3 is 15.2 Å². The van der Waals surface area contributed by atoms with Crippen molar-refractivity contribution in [2.24, 2.45) is 0 Å². The van der Waals surface area contributed by atoms with E-state index in [2.05, 4.69) is 15.0 Å². The Bertz CT molecular complexity index is 378. The number of anilines is 1. The SMILES string of the molecule is COC(=O)c1cc(NCC(=O)O)ccn1. The summed E-state index contributed by atoms with van der Waals surface area (Å²) in [5.41, 5.74) is 0.640. The molecule has 0 atom stereocenters. The van der Waals surface area contributed by atoms with Crippen LogP contribution >= 0.6 is 0 Å². The monoisotopic (exact) mass is 210 g/mol. The Labute approximate surface area is 85.9 Å². The van der Waals surface area contributed by atoms with E-state index in [1.807, 2.05) is 0 Å². The molecule has 0 aromatic carbocycles. The zero-order valence-electron chi connectivity index (χ0n) is 8.06. The van der Waals surface area contributed by atoms with Crippen molar-refractivity contribution in [2.45, 2.75) is 0 Å². The fraction of sp³-hybridized carbons (Fsp3) is 0.222. The minimum atomic E-state index is -0.980. The maximum absolute atomic E-state index is 11.1. The van der Waals surface area contributed by atoms with E-state index < -0.39 is 11.9 Å². The maximum atomic E-state index is 11.1. The number of carboxylic acids is 1. The zero-order valence-corrected chi connectivity index (χ0v) is 8.06. The smallest absolute Gasteiger partial charge is 0.356 e. The number of aliphatic carboxylic acids is 1. The maximum Gasteiger partial charge on any atom is 0.356 e. The molecule has 1 aromatic rings. The van der Waals surface area contributed by atoms with Crippen LogP contribution in [0.15, 0.2) is 18.3 Å². The summed E-state index contributed by atoms with van der Waals surface area (Å²) in [4.78, 5) is 25.1. The number of hydrogen-bond acceptors (Lipinski definition) is 5. The van der Waals surface area contributed by atoms with Crippen molar-refractivity contribution in [2.75, 3.05) is 19.0 Å². The van der Waals surface area contributed by atoms with Gasteiger partial charge in [0.15, 0.2) is 0 Å². The largest absolute Gasteiger partial charge is 0.480 e. The second-order valence-corrected chi connectivity index (χ2v) is 2.67. The molecule has 0 aliphatic heterocycles. The van der Waals surface area contributed by atoms with Crippen molar-refractivity contribution in [3.05, 3.63) is 24.0 Å². The summed E-state index contributed by atoms with van der Waals surface area (Å²) in [6, 6.07) is 2.99. The van der Waals surface area contributed by atoms with Crippen molar-refractivity contribution in [3.63, 3.8) is 0 Å². The average molecular weight is 210 g/mol. The molecule has 1 heterocycles. The number of carbonyl (C=O) groups is 2. The highest BCUT2D eigenvalue weighted by atomic mass is 16.5.